The number of nitriles is 1. The second kappa shape index (κ2) is 8.97. The number of rotatable bonds is 6. The largest absolute Gasteiger partial charge is 0.492 e. The number of nitrogens with two attached hydrogens (primary N) is 1. The third-order valence-corrected chi connectivity index (χ3v) is 7.21. The van der Waals surface area contributed by atoms with Crippen LogP contribution in [0.5, 0.6) is 5.75 Å². The van der Waals surface area contributed by atoms with Crippen LogP contribution >= 0.6 is 11.6 Å². The van der Waals surface area contributed by atoms with Crippen LogP contribution in [0, 0.1) is 11.3 Å². The molecule has 182 valence electrons. The quantitative estimate of drug-likeness (QED) is 0.426. The van der Waals surface area contributed by atoms with Gasteiger partial charge in [0.05, 0.1) is 23.3 Å². The number of hydrogen-bond acceptors (Lipinski definition) is 8. The Morgan fingerprint density at radius 1 is 1.19 bits per heavy atom. The lowest BCUT2D eigenvalue weighted by Crippen LogP contribution is -2.68. The number of halogens is 1. The number of hydrogen-bond donors (Lipinski definition) is 1. The highest BCUT2D eigenvalue weighted by Gasteiger charge is 2.44. The van der Waals surface area contributed by atoms with Gasteiger partial charge in [-0.2, -0.15) is 5.26 Å². The molecule has 2 N–H and O–H groups in total. The predicted octanol–water partition coefficient (Wildman–Crippen LogP) is 3.76. The fourth-order valence-electron chi connectivity index (χ4n) is 5.37. The molecule has 4 aromatic rings. The van der Waals surface area contributed by atoms with Gasteiger partial charge in [0.1, 0.15) is 23.2 Å². The van der Waals surface area contributed by atoms with Gasteiger partial charge in [-0.1, -0.05) is 11.6 Å². The zero-order valence-electron chi connectivity index (χ0n) is 19.8. The Bertz CT molecular complexity index is 1470. The molecule has 36 heavy (non-hydrogen) atoms. The van der Waals surface area contributed by atoms with Crippen molar-refractivity contribution in [3.8, 4) is 22.9 Å². The van der Waals surface area contributed by atoms with Gasteiger partial charge < -0.3 is 15.4 Å². The van der Waals surface area contributed by atoms with Crippen molar-refractivity contribution in [2.75, 3.05) is 30.3 Å². The Balaban J connectivity index is 1.23. The van der Waals surface area contributed by atoms with Crippen molar-refractivity contribution < 1.29 is 4.74 Å². The molecule has 2 unspecified atom stereocenters. The summed E-state index contributed by atoms with van der Waals surface area (Å²) in [5.74, 6) is 1.80. The van der Waals surface area contributed by atoms with Gasteiger partial charge in [0.15, 0.2) is 5.82 Å². The van der Waals surface area contributed by atoms with Gasteiger partial charge in [-0.3, -0.25) is 9.88 Å². The Hall–Kier alpha value is -3.87. The van der Waals surface area contributed by atoms with E-state index in [1.807, 2.05) is 43.6 Å². The highest BCUT2D eigenvalue weighted by Crippen LogP contribution is 2.37. The Morgan fingerprint density at radius 2 is 2.03 bits per heavy atom. The van der Waals surface area contributed by atoms with Crippen molar-refractivity contribution in [3.63, 3.8) is 0 Å². The number of piperidine rings is 1. The first-order valence-electron chi connectivity index (χ1n) is 12.0. The maximum Gasteiger partial charge on any atom is 0.164 e. The molecular weight excluding hydrogens is 476 g/mol. The third kappa shape index (κ3) is 3.88. The number of anilines is 2. The molecule has 0 saturated carbocycles. The summed E-state index contributed by atoms with van der Waals surface area (Å²) in [7, 11) is 0. The molecule has 3 fully saturated rings. The minimum absolute atomic E-state index is 0.197. The number of nitrogen functional groups attached to an aromatic ring is 1. The highest BCUT2D eigenvalue weighted by molar-refractivity contribution is 6.30. The molecule has 0 amide bonds. The summed E-state index contributed by atoms with van der Waals surface area (Å²) in [6.07, 6.45) is 8.35. The average molecular weight is 501 g/mol. The van der Waals surface area contributed by atoms with E-state index in [2.05, 4.69) is 26.0 Å². The van der Waals surface area contributed by atoms with Crippen molar-refractivity contribution in [2.24, 2.45) is 0 Å². The second-order valence-corrected chi connectivity index (χ2v) is 9.66. The van der Waals surface area contributed by atoms with E-state index in [1.165, 1.54) is 6.42 Å². The molecule has 7 heterocycles. The molecule has 3 saturated heterocycles. The van der Waals surface area contributed by atoms with E-state index in [0.29, 0.717) is 40.5 Å². The number of pyridine rings is 3. The number of nitrogens with zero attached hydrogens (tertiary/aromatic N) is 7. The summed E-state index contributed by atoms with van der Waals surface area (Å²) in [6, 6.07) is 11.1. The van der Waals surface area contributed by atoms with Gasteiger partial charge in [-0.15, -0.1) is 5.10 Å². The highest BCUT2D eigenvalue weighted by atomic mass is 35.5. The zero-order valence-corrected chi connectivity index (χ0v) is 20.6. The Kier molecular flexibility index (Phi) is 5.63. The summed E-state index contributed by atoms with van der Waals surface area (Å²) in [5, 5.41) is 14.7. The van der Waals surface area contributed by atoms with E-state index < -0.39 is 0 Å². The van der Waals surface area contributed by atoms with E-state index in [9.17, 15) is 5.26 Å². The lowest BCUT2D eigenvalue weighted by Gasteiger charge is -2.56. The first kappa shape index (κ1) is 22.6. The van der Waals surface area contributed by atoms with Crippen LogP contribution in [-0.2, 0) is 6.54 Å². The summed E-state index contributed by atoms with van der Waals surface area (Å²) in [4.78, 5) is 13.9. The maximum absolute atomic E-state index is 9.67. The van der Waals surface area contributed by atoms with Crippen molar-refractivity contribution in [2.45, 2.75) is 32.0 Å². The van der Waals surface area contributed by atoms with E-state index >= 15 is 0 Å². The number of piperazine rings is 1. The third-order valence-electron chi connectivity index (χ3n) is 7.01. The lowest BCUT2D eigenvalue weighted by atomic mass is 9.87. The number of ether oxygens (including phenoxy) is 1. The van der Waals surface area contributed by atoms with Crippen molar-refractivity contribution in [1.82, 2.24) is 24.5 Å². The van der Waals surface area contributed by atoms with Gasteiger partial charge in [0.25, 0.3) is 0 Å². The molecule has 0 radical (unpaired) electrons. The summed E-state index contributed by atoms with van der Waals surface area (Å²) >= 11 is 6.11. The van der Waals surface area contributed by atoms with Gasteiger partial charge >= 0.3 is 0 Å². The smallest absolute Gasteiger partial charge is 0.164 e. The van der Waals surface area contributed by atoms with Crippen LogP contribution in [0.4, 0.5) is 11.6 Å². The molecule has 0 aromatic carbocycles. The maximum atomic E-state index is 9.67. The van der Waals surface area contributed by atoms with Gasteiger partial charge in [0.2, 0.25) is 0 Å². The molecule has 3 aliphatic rings. The van der Waals surface area contributed by atoms with Crippen LogP contribution < -0.4 is 15.4 Å². The van der Waals surface area contributed by atoms with Crippen LogP contribution in [0.1, 0.15) is 24.5 Å². The Labute approximate surface area is 213 Å². The first-order chi connectivity index (χ1) is 17.5. The van der Waals surface area contributed by atoms with Crippen LogP contribution in [0.25, 0.3) is 16.6 Å². The monoisotopic (exact) mass is 500 g/mol. The minimum atomic E-state index is 0.197. The van der Waals surface area contributed by atoms with Crippen LogP contribution in [0.3, 0.4) is 0 Å². The first-order valence-corrected chi connectivity index (χ1v) is 12.3. The fraction of sp³-hybridized carbons (Fsp3) is 0.308. The number of fused-ring (bicyclic) bond motifs is 3. The van der Waals surface area contributed by atoms with E-state index in [0.717, 1.165) is 42.1 Å². The van der Waals surface area contributed by atoms with Crippen LogP contribution in [0.15, 0.2) is 49.1 Å². The van der Waals surface area contributed by atoms with Gasteiger partial charge in [-0.05, 0) is 43.2 Å². The minimum Gasteiger partial charge on any atom is -0.492 e. The van der Waals surface area contributed by atoms with Gasteiger partial charge in [-0.25, -0.2) is 9.50 Å². The van der Waals surface area contributed by atoms with Crippen molar-refractivity contribution in [1.29, 1.82) is 5.26 Å². The molecule has 2 bridgehead atoms. The van der Waals surface area contributed by atoms with E-state index in [-0.39, 0.29) is 5.82 Å². The predicted molar refractivity (Wildman–Crippen MR) is 138 cm³/mol. The summed E-state index contributed by atoms with van der Waals surface area (Å²) < 4.78 is 7.34. The average Bonchev–Trinajstić information content (AvgIpc) is 3.22. The molecule has 0 aliphatic carbocycles. The molecule has 3 aliphatic heterocycles. The molecule has 0 spiro atoms. The SMILES string of the molecule is CCOc1cc(-c2ccc(N3CC4CC(C3)N4Cc3cncc(Cl)c3)nc2)c2c(C#N)c(N)nn2c1. The molecular formula is C26H25ClN8O. The van der Waals surface area contributed by atoms with Crippen molar-refractivity contribution >= 4 is 28.8 Å². The standard InChI is InChI=1S/C26H25ClN8O/c1-2-36-21-7-22(25-23(8-28)26(29)32-35(25)15-21)17-3-4-24(31-10-17)33-13-19-6-20(14-33)34(19)12-16-5-18(27)11-30-9-16/h3-5,7,9-11,15,19-20H,2,6,12-14H2,1H3,(H2,29,32). The molecule has 9 nitrogen and oxygen atoms in total. The zero-order chi connectivity index (χ0) is 24.8. The van der Waals surface area contributed by atoms with E-state index in [1.54, 1.807) is 16.9 Å². The summed E-state index contributed by atoms with van der Waals surface area (Å²) in [5.41, 5.74) is 9.84. The molecule has 10 heteroatoms. The molecule has 7 rings (SSSR count). The van der Waals surface area contributed by atoms with Crippen LogP contribution in [0.2, 0.25) is 5.02 Å². The van der Waals surface area contributed by atoms with Gasteiger partial charge in [0, 0.05) is 61.4 Å². The normalized spacial score (nSPS) is 19.2. The Morgan fingerprint density at radius 3 is 2.72 bits per heavy atom. The molecule has 4 aromatic heterocycles. The second-order valence-electron chi connectivity index (χ2n) is 9.22. The lowest BCUT2D eigenvalue weighted by molar-refractivity contribution is -0.00875. The fourth-order valence-corrected chi connectivity index (χ4v) is 5.56. The van der Waals surface area contributed by atoms with Crippen molar-refractivity contribution in [3.05, 3.63) is 65.2 Å². The number of aromatic nitrogens is 4. The molecule has 2 atom stereocenters. The summed E-state index contributed by atoms with van der Waals surface area (Å²) in [6.45, 7) is 5.17. The van der Waals surface area contributed by atoms with E-state index in [4.69, 9.17) is 27.1 Å². The topological polar surface area (TPSA) is 109 Å². The van der Waals surface area contributed by atoms with Crippen LogP contribution in [-0.4, -0.2) is 56.3 Å².